The summed E-state index contributed by atoms with van der Waals surface area (Å²) in [4.78, 5) is 0. The Hall–Kier alpha value is -1.24. The molecular formula is C13H16O. The molecule has 1 heteroatoms. The summed E-state index contributed by atoms with van der Waals surface area (Å²) in [5, 5.41) is 0. The van der Waals surface area contributed by atoms with Crippen LogP contribution in [0.1, 0.15) is 36.8 Å². The number of rotatable bonds is 4. The first-order valence-electron chi connectivity index (χ1n) is 5.24. The van der Waals surface area contributed by atoms with Gasteiger partial charge >= 0.3 is 0 Å². The molecule has 2 rings (SSSR count). The van der Waals surface area contributed by atoms with Gasteiger partial charge in [-0.3, -0.25) is 0 Å². The van der Waals surface area contributed by atoms with Gasteiger partial charge in [-0.1, -0.05) is 24.8 Å². The summed E-state index contributed by atoms with van der Waals surface area (Å²) in [7, 11) is 0. The largest absolute Gasteiger partial charge is 0.494 e. The Morgan fingerprint density at radius 3 is 2.86 bits per heavy atom. The van der Waals surface area contributed by atoms with E-state index in [1.165, 1.54) is 18.4 Å². The van der Waals surface area contributed by atoms with E-state index in [-0.39, 0.29) is 0 Å². The van der Waals surface area contributed by atoms with Gasteiger partial charge in [0, 0.05) is 0 Å². The normalized spacial score (nSPS) is 15.2. The zero-order chi connectivity index (χ0) is 9.97. The number of benzene rings is 1. The van der Waals surface area contributed by atoms with Crippen LogP contribution in [-0.2, 0) is 0 Å². The summed E-state index contributed by atoms with van der Waals surface area (Å²) in [5.74, 6) is 1.79. The molecule has 1 aromatic carbocycles. The maximum absolute atomic E-state index is 5.63. The highest BCUT2D eigenvalue weighted by atomic mass is 16.5. The van der Waals surface area contributed by atoms with E-state index in [1.807, 2.05) is 13.0 Å². The van der Waals surface area contributed by atoms with Crippen molar-refractivity contribution in [3.63, 3.8) is 0 Å². The van der Waals surface area contributed by atoms with E-state index >= 15 is 0 Å². The minimum atomic E-state index is 0.736. The van der Waals surface area contributed by atoms with Gasteiger partial charge in [0.25, 0.3) is 0 Å². The number of hydrogen-bond acceptors (Lipinski definition) is 1. The highest BCUT2D eigenvalue weighted by molar-refractivity contribution is 5.53. The van der Waals surface area contributed by atoms with Gasteiger partial charge in [0.15, 0.2) is 0 Å². The molecule has 0 bridgehead atoms. The Kier molecular flexibility index (Phi) is 2.58. The van der Waals surface area contributed by atoms with Crippen molar-refractivity contribution in [2.75, 3.05) is 6.61 Å². The number of ether oxygens (including phenoxy) is 1. The molecular weight excluding hydrogens is 172 g/mol. The maximum Gasteiger partial charge on any atom is 0.123 e. The Labute approximate surface area is 85.4 Å². The van der Waals surface area contributed by atoms with Crippen LogP contribution in [0.25, 0.3) is 6.08 Å². The van der Waals surface area contributed by atoms with Crippen LogP contribution in [0.3, 0.4) is 0 Å². The van der Waals surface area contributed by atoms with Crippen LogP contribution >= 0.6 is 0 Å². The average Bonchev–Trinajstić information content (AvgIpc) is 3.02. The van der Waals surface area contributed by atoms with E-state index in [1.54, 1.807) is 0 Å². The van der Waals surface area contributed by atoms with Gasteiger partial charge < -0.3 is 4.74 Å². The van der Waals surface area contributed by atoms with Crippen molar-refractivity contribution < 1.29 is 4.74 Å². The second kappa shape index (κ2) is 3.87. The molecule has 0 spiro atoms. The first-order chi connectivity index (χ1) is 6.85. The monoisotopic (exact) mass is 188 g/mol. The molecule has 0 N–H and O–H groups in total. The molecule has 1 saturated carbocycles. The predicted molar refractivity (Wildman–Crippen MR) is 59.7 cm³/mol. The van der Waals surface area contributed by atoms with Gasteiger partial charge in [-0.05, 0) is 42.9 Å². The Bertz CT molecular complexity index is 337. The van der Waals surface area contributed by atoms with Gasteiger partial charge in [0.1, 0.15) is 5.75 Å². The molecule has 0 unspecified atom stereocenters. The molecule has 0 aromatic heterocycles. The van der Waals surface area contributed by atoms with Crippen LogP contribution in [0.2, 0.25) is 0 Å². The number of hydrogen-bond donors (Lipinski definition) is 0. The van der Waals surface area contributed by atoms with E-state index in [4.69, 9.17) is 4.74 Å². The minimum Gasteiger partial charge on any atom is -0.494 e. The smallest absolute Gasteiger partial charge is 0.123 e. The second-order valence-electron chi connectivity index (χ2n) is 3.71. The molecule has 14 heavy (non-hydrogen) atoms. The summed E-state index contributed by atoms with van der Waals surface area (Å²) in [5.41, 5.74) is 2.51. The lowest BCUT2D eigenvalue weighted by molar-refractivity contribution is 0.336. The van der Waals surface area contributed by atoms with E-state index in [0.29, 0.717) is 0 Å². The molecule has 1 aliphatic carbocycles. The zero-order valence-electron chi connectivity index (χ0n) is 8.62. The molecule has 1 aromatic rings. The van der Waals surface area contributed by atoms with E-state index in [2.05, 4.69) is 24.8 Å². The Morgan fingerprint density at radius 2 is 2.29 bits per heavy atom. The minimum absolute atomic E-state index is 0.736. The molecule has 1 nitrogen and oxygen atoms in total. The summed E-state index contributed by atoms with van der Waals surface area (Å²) >= 11 is 0. The third-order valence-electron chi connectivity index (χ3n) is 2.59. The van der Waals surface area contributed by atoms with Crippen LogP contribution in [0.5, 0.6) is 5.75 Å². The van der Waals surface area contributed by atoms with Crippen LogP contribution in [0.15, 0.2) is 24.8 Å². The van der Waals surface area contributed by atoms with Crippen LogP contribution in [0, 0.1) is 0 Å². The molecule has 1 aliphatic rings. The lowest BCUT2D eigenvalue weighted by Crippen LogP contribution is -1.96. The summed E-state index contributed by atoms with van der Waals surface area (Å²) in [6, 6.07) is 6.38. The van der Waals surface area contributed by atoms with E-state index in [9.17, 15) is 0 Å². The molecule has 74 valence electrons. The zero-order valence-corrected chi connectivity index (χ0v) is 8.62. The van der Waals surface area contributed by atoms with Crippen molar-refractivity contribution in [3.8, 4) is 5.75 Å². The summed E-state index contributed by atoms with van der Waals surface area (Å²) in [6.07, 6.45) is 4.49. The van der Waals surface area contributed by atoms with Crippen molar-refractivity contribution in [2.24, 2.45) is 0 Å². The van der Waals surface area contributed by atoms with Crippen LogP contribution in [0.4, 0.5) is 0 Å². The average molecular weight is 188 g/mol. The lowest BCUT2D eigenvalue weighted by Gasteiger charge is -2.10. The fraction of sp³-hybridized carbons (Fsp3) is 0.385. The first kappa shape index (κ1) is 9.32. The van der Waals surface area contributed by atoms with Gasteiger partial charge in [-0.2, -0.15) is 0 Å². The van der Waals surface area contributed by atoms with Crippen LogP contribution in [-0.4, -0.2) is 6.61 Å². The molecule has 0 atom stereocenters. The molecule has 1 fully saturated rings. The van der Waals surface area contributed by atoms with Gasteiger partial charge in [-0.25, -0.2) is 0 Å². The van der Waals surface area contributed by atoms with Crippen LogP contribution < -0.4 is 4.74 Å². The van der Waals surface area contributed by atoms with Crippen molar-refractivity contribution in [2.45, 2.75) is 25.7 Å². The first-order valence-corrected chi connectivity index (χ1v) is 5.24. The van der Waals surface area contributed by atoms with Gasteiger partial charge in [0.2, 0.25) is 0 Å². The molecule has 0 heterocycles. The third-order valence-corrected chi connectivity index (χ3v) is 2.59. The fourth-order valence-corrected chi connectivity index (χ4v) is 1.69. The third kappa shape index (κ3) is 1.82. The van der Waals surface area contributed by atoms with Gasteiger partial charge in [0.05, 0.1) is 6.61 Å². The summed E-state index contributed by atoms with van der Waals surface area (Å²) in [6.45, 7) is 6.53. The van der Waals surface area contributed by atoms with Crippen molar-refractivity contribution >= 4 is 6.08 Å². The van der Waals surface area contributed by atoms with E-state index < -0.39 is 0 Å². The molecule has 0 radical (unpaired) electrons. The van der Waals surface area contributed by atoms with Crippen molar-refractivity contribution in [1.82, 2.24) is 0 Å². The molecule has 0 saturated heterocycles. The van der Waals surface area contributed by atoms with Gasteiger partial charge in [-0.15, -0.1) is 0 Å². The molecule has 0 amide bonds. The molecule has 0 aliphatic heterocycles. The quantitative estimate of drug-likeness (QED) is 0.701. The SMILES string of the molecule is C=Cc1ccc(C2CC2)c(OCC)c1. The van der Waals surface area contributed by atoms with E-state index in [0.717, 1.165) is 23.8 Å². The highest BCUT2D eigenvalue weighted by Gasteiger charge is 2.26. The standard InChI is InChI=1S/C13H16O/c1-3-10-5-8-12(11-6-7-11)13(9-10)14-4-2/h3,5,8-9,11H,1,4,6-7H2,2H3. The Morgan fingerprint density at radius 1 is 1.50 bits per heavy atom. The lowest BCUT2D eigenvalue weighted by atomic mass is 10.1. The topological polar surface area (TPSA) is 9.23 Å². The van der Waals surface area contributed by atoms with Crippen molar-refractivity contribution in [3.05, 3.63) is 35.9 Å². The highest BCUT2D eigenvalue weighted by Crippen LogP contribution is 2.44. The Balaban J connectivity index is 2.32. The van der Waals surface area contributed by atoms with Crippen molar-refractivity contribution in [1.29, 1.82) is 0 Å². The maximum atomic E-state index is 5.63. The second-order valence-corrected chi connectivity index (χ2v) is 3.71. The fourth-order valence-electron chi connectivity index (χ4n) is 1.69. The predicted octanol–water partition coefficient (Wildman–Crippen LogP) is 3.61. The summed E-state index contributed by atoms with van der Waals surface area (Å²) < 4.78 is 5.63.